The van der Waals surface area contributed by atoms with Crippen LogP contribution in [0, 0.1) is 23.7 Å². The number of carbonyl (C=O) groups excluding carboxylic acids is 1. The Bertz CT molecular complexity index is 340. The third kappa shape index (κ3) is 2.74. The third-order valence-corrected chi connectivity index (χ3v) is 5.98. The molecule has 2 aliphatic carbocycles. The van der Waals surface area contributed by atoms with Crippen molar-refractivity contribution in [1.82, 2.24) is 4.90 Å². The van der Waals surface area contributed by atoms with Crippen LogP contribution in [0.5, 0.6) is 0 Å². The van der Waals surface area contributed by atoms with Gasteiger partial charge in [0.1, 0.15) is 5.78 Å². The van der Waals surface area contributed by atoms with Gasteiger partial charge < -0.3 is 0 Å². The molecule has 1 aliphatic heterocycles. The number of ketones is 1. The van der Waals surface area contributed by atoms with Crippen LogP contribution in [0.3, 0.4) is 0 Å². The maximum Gasteiger partial charge on any atom is 0.137 e. The first-order valence-corrected chi connectivity index (χ1v) is 8.42. The number of fused-ring (bicyclic) bond motifs is 1. The quantitative estimate of drug-likeness (QED) is 0.760. The smallest absolute Gasteiger partial charge is 0.137 e. The summed E-state index contributed by atoms with van der Waals surface area (Å²) in [5, 5.41) is 0. The second-order valence-electron chi connectivity index (χ2n) is 7.49. The van der Waals surface area contributed by atoms with E-state index in [9.17, 15) is 4.79 Å². The van der Waals surface area contributed by atoms with Gasteiger partial charge in [-0.25, -0.2) is 0 Å². The molecule has 0 aromatic heterocycles. The molecule has 3 rings (SSSR count). The molecular formula is C17H29NO. The third-order valence-electron chi connectivity index (χ3n) is 5.98. The molecule has 0 amide bonds. The number of Topliss-reactive ketones (excluding diaryl/α,β-unsaturated/α-hetero) is 1. The average Bonchev–Trinajstić information content (AvgIpc) is 2.77. The first kappa shape index (κ1) is 13.6. The Morgan fingerprint density at radius 3 is 2.74 bits per heavy atom. The first-order chi connectivity index (χ1) is 9.15. The van der Waals surface area contributed by atoms with E-state index in [-0.39, 0.29) is 0 Å². The Morgan fingerprint density at radius 2 is 1.95 bits per heavy atom. The molecule has 0 bridgehead atoms. The average molecular weight is 263 g/mol. The predicted molar refractivity (Wildman–Crippen MR) is 78.0 cm³/mol. The maximum absolute atomic E-state index is 12.3. The number of carbonyl (C=O) groups is 1. The van der Waals surface area contributed by atoms with Gasteiger partial charge in [-0.1, -0.05) is 26.7 Å². The first-order valence-electron chi connectivity index (χ1n) is 8.42. The van der Waals surface area contributed by atoms with Crippen molar-refractivity contribution in [2.75, 3.05) is 13.1 Å². The molecule has 0 N–H and O–H groups in total. The van der Waals surface area contributed by atoms with Crippen LogP contribution in [0.15, 0.2) is 0 Å². The molecule has 1 heterocycles. The van der Waals surface area contributed by atoms with Crippen LogP contribution < -0.4 is 0 Å². The summed E-state index contributed by atoms with van der Waals surface area (Å²) in [6.45, 7) is 6.85. The van der Waals surface area contributed by atoms with Crippen molar-refractivity contribution in [2.24, 2.45) is 23.7 Å². The fraction of sp³-hybridized carbons (Fsp3) is 0.941. The fourth-order valence-corrected chi connectivity index (χ4v) is 4.96. The zero-order valence-electron chi connectivity index (χ0n) is 12.6. The van der Waals surface area contributed by atoms with E-state index in [1.807, 2.05) is 0 Å². The van der Waals surface area contributed by atoms with Crippen LogP contribution in [0.25, 0.3) is 0 Å². The summed E-state index contributed by atoms with van der Waals surface area (Å²) in [6, 6.07) is 0.813. The van der Waals surface area contributed by atoms with Gasteiger partial charge in [-0.2, -0.15) is 0 Å². The van der Waals surface area contributed by atoms with Crippen molar-refractivity contribution < 1.29 is 4.79 Å². The summed E-state index contributed by atoms with van der Waals surface area (Å²) >= 11 is 0. The molecule has 19 heavy (non-hydrogen) atoms. The predicted octanol–water partition coefficient (Wildman–Crippen LogP) is 3.50. The molecule has 2 saturated carbocycles. The minimum absolute atomic E-state index is 0.330. The van der Waals surface area contributed by atoms with Crippen molar-refractivity contribution >= 4 is 5.78 Å². The van der Waals surface area contributed by atoms with Gasteiger partial charge in [0.05, 0.1) is 0 Å². The number of rotatable bonds is 2. The molecular weight excluding hydrogens is 234 g/mol. The standard InChI is InChI=1S/C17H29NO/c1-12-9-13(2)15(17(19)10-12)11-18-8-7-14-5-3-4-6-16(14)18/h12-16H,3-11H2,1-2H3. The molecule has 3 aliphatic rings. The Balaban J connectivity index is 1.63. The van der Waals surface area contributed by atoms with E-state index in [0.717, 1.165) is 24.9 Å². The van der Waals surface area contributed by atoms with Gasteiger partial charge in [0.2, 0.25) is 0 Å². The molecule has 3 fully saturated rings. The van der Waals surface area contributed by atoms with Gasteiger partial charge in [-0.05, 0) is 50.0 Å². The summed E-state index contributed by atoms with van der Waals surface area (Å²) in [5.74, 6) is 3.03. The van der Waals surface area contributed by atoms with Crippen LogP contribution in [0.4, 0.5) is 0 Å². The fourth-order valence-electron chi connectivity index (χ4n) is 4.96. The molecule has 5 unspecified atom stereocenters. The van der Waals surface area contributed by atoms with Crippen LogP contribution in [-0.4, -0.2) is 29.8 Å². The van der Waals surface area contributed by atoms with Gasteiger partial charge >= 0.3 is 0 Å². The molecule has 2 nitrogen and oxygen atoms in total. The van der Waals surface area contributed by atoms with E-state index in [4.69, 9.17) is 0 Å². The Kier molecular flexibility index (Phi) is 3.98. The highest BCUT2D eigenvalue weighted by Crippen LogP contribution is 2.38. The highest BCUT2D eigenvalue weighted by Gasteiger charge is 2.40. The van der Waals surface area contributed by atoms with Crippen molar-refractivity contribution in [1.29, 1.82) is 0 Å². The summed E-state index contributed by atoms with van der Waals surface area (Å²) < 4.78 is 0. The zero-order valence-corrected chi connectivity index (χ0v) is 12.6. The second-order valence-corrected chi connectivity index (χ2v) is 7.49. The van der Waals surface area contributed by atoms with Crippen molar-refractivity contribution in [3.8, 4) is 0 Å². The summed E-state index contributed by atoms with van der Waals surface area (Å²) in [6.07, 6.45) is 9.13. The van der Waals surface area contributed by atoms with E-state index in [0.29, 0.717) is 23.5 Å². The largest absolute Gasteiger partial charge is 0.299 e. The van der Waals surface area contributed by atoms with Crippen molar-refractivity contribution in [2.45, 2.75) is 64.8 Å². The van der Waals surface area contributed by atoms with Gasteiger partial charge in [-0.15, -0.1) is 0 Å². The van der Waals surface area contributed by atoms with E-state index in [2.05, 4.69) is 18.7 Å². The summed E-state index contributed by atoms with van der Waals surface area (Å²) in [4.78, 5) is 15.0. The van der Waals surface area contributed by atoms with Gasteiger partial charge in [0.15, 0.2) is 0 Å². The maximum atomic E-state index is 12.3. The normalized spacial score (nSPS) is 44.3. The number of hydrogen-bond donors (Lipinski definition) is 0. The Hall–Kier alpha value is -0.370. The minimum atomic E-state index is 0.330. The molecule has 2 heteroatoms. The monoisotopic (exact) mass is 263 g/mol. The molecule has 0 radical (unpaired) electrons. The zero-order chi connectivity index (χ0) is 13.4. The van der Waals surface area contributed by atoms with E-state index in [1.54, 1.807) is 0 Å². The van der Waals surface area contributed by atoms with Gasteiger partial charge in [0.25, 0.3) is 0 Å². The van der Waals surface area contributed by atoms with Crippen LogP contribution in [-0.2, 0) is 4.79 Å². The highest BCUT2D eigenvalue weighted by atomic mass is 16.1. The highest BCUT2D eigenvalue weighted by molar-refractivity contribution is 5.82. The molecule has 108 valence electrons. The SMILES string of the molecule is CC1CC(=O)C(CN2CCC3CCCCC32)C(C)C1. The topological polar surface area (TPSA) is 20.3 Å². The summed E-state index contributed by atoms with van der Waals surface area (Å²) in [5.41, 5.74) is 0. The van der Waals surface area contributed by atoms with Crippen LogP contribution >= 0.6 is 0 Å². The van der Waals surface area contributed by atoms with Crippen LogP contribution in [0.1, 0.15) is 58.8 Å². The van der Waals surface area contributed by atoms with E-state index >= 15 is 0 Å². The lowest BCUT2D eigenvalue weighted by Crippen LogP contribution is -2.43. The molecule has 0 aromatic carbocycles. The Morgan fingerprint density at radius 1 is 1.16 bits per heavy atom. The number of hydrogen-bond acceptors (Lipinski definition) is 2. The lowest BCUT2D eigenvalue weighted by atomic mass is 9.74. The van der Waals surface area contributed by atoms with Crippen molar-refractivity contribution in [3.63, 3.8) is 0 Å². The lowest BCUT2D eigenvalue weighted by molar-refractivity contribution is -0.128. The van der Waals surface area contributed by atoms with Crippen molar-refractivity contribution in [3.05, 3.63) is 0 Å². The molecule has 0 aromatic rings. The molecule has 0 spiro atoms. The lowest BCUT2D eigenvalue weighted by Gasteiger charge is -2.37. The second kappa shape index (κ2) is 5.55. The summed E-state index contributed by atoms with van der Waals surface area (Å²) in [7, 11) is 0. The molecule has 1 saturated heterocycles. The van der Waals surface area contributed by atoms with E-state index < -0.39 is 0 Å². The van der Waals surface area contributed by atoms with Crippen LogP contribution in [0.2, 0.25) is 0 Å². The van der Waals surface area contributed by atoms with E-state index in [1.165, 1.54) is 45.1 Å². The van der Waals surface area contributed by atoms with Gasteiger partial charge in [0, 0.05) is 24.9 Å². The number of nitrogens with zero attached hydrogens (tertiary/aromatic N) is 1. The molecule has 5 atom stereocenters. The number of likely N-dealkylation sites (tertiary alicyclic amines) is 1. The Labute approximate surface area is 117 Å². The van der Waals surface area contributed by atoms with Gasteiger partial charge in [-0.3, -0.25) is 9.69 Å². The minimum Gasteiger partial charge on any atom is -0.299 e.